The molecule has 0 bridgehead atoms. The Morgan fingerprint density at radius 3 is 2.00 bits per heavy atom. The van der Waals surface area contributed by atoms with Crippen LogP contribution in [0.15, 0.2) is 0 Å². The topological polar surface area (TPSA) is 69.6 Å². The minimum Gasteiger partial charge on any atom is -0.383 e. The molecule has 0 aromatic heterocycles. The lowest BCUT2D eigenvalue weighted by Crippen LogP contribution is -2.41. The first-order valence-electron chi connectivity index (χ1n) is 3.01. The largest absolute Gasteiger partial charge is 0.383 e. The molecule has 0 saturated heterocycles. The summed E-state index contributed by atoms with van der Waals surface area (Å²) in [6.45, 7) is 5.10. The maximum Gasteiger partial charge on any atom is 0.272 e. The molecule has 1 atom stereocenters. The highest BCUT2D eigenvalue weighted by Gasteiger charge is 2.28. The smallest absolute Gasteiger partial charge is 0.272 e. The van der Waals surface area contributed by atoms with Crippen molar-refractivity contribution in [3.63, 3.8) is 0 Å². The molecule has 0 aromatic carbocycles. The van der Waals surface area contributed by atoms with Gasteiger partial charge in [-0.2, -0.15) is 0 Å². The molecule has 0 spiro atoms. The summed E-state index contributed by atoms with van der Waals surface area (Å²) >= 11 is 0. The molecule has 3 N–H and O–H groups in total. The van der Waals surface area contributed by atoms with E-state index in [0.29, 0.717) is 0 Å². The number of nitrogens with one attached hydrogen (secondary N) is 1. The fourth-order valence-electron chi connectivity index (χ4n) is 0.454. The zero-order chi connectivity index (χ0) is 8.36. The van der Waals surface area contributed by atoms with Gasteiger partial charge < -0.3 is 5.11 Å². The van der Waals surface area contributed by atoms with Crippen LogP contribution in [0.3, 0.4) is 0 Å². The second kappa shape index (κ2) is 2.98. The monoisotopic (exact) mass is 147 g/mol. The normalized spacial score (nSPS) is 14.5. The second-order valence-electron chi connectivity index (χ2n) is 3.24. The standard InChI is InChI=1S/C6H13NO3/c1-6(2,3)4(8)5(9)7-10/h4,8,10H,1-3H3,(H,7,9)/t4-/m0/s1. The summed E-state index contributed by atoms with van der Waals surface area (Å²) in [5.74, 6) is -0.771. The molecule has 0 fully saturated rings. The summed E-state index contributed by atoms with van der Waals surface area (Å²) in [4.78, 5) is 10.5. The number of carbonyl (C=O) groups is 1. The molecule has 0 radical (unpaired) electrons. The first-order valence-corrected chi connectivity index (χ1v) is 3.01. The lowest BCUT2D eigenvalue weighted by atomic mass is 9.89. The Hall–Kier alpha value is -0.610. The zero-order valence-electron chi connectivity index (χ0n) is 6.38. The predicted octanol–water partition coefficient (Wildman–Crippen LogP) is -0.101. The number of hydrogen-bond acceptors (Lipinski definition) is 3. The first-order chi connectivity index (χ1) is 4.39. The van der Waals surface area contributed by atoms with E-state index in [4.69, 9.17) is 10.3 Å². The summed E-state index contributed by atoms with van der Waals surface area (Å²) in [7, 11) is 0. The van der Waals surface area contributed by atoms with Crippen molar-refractivity contribution in [2.75, 3.05) is 0 Å². The van der Waals surface area contributed by atoms with Gasteiger partial charge in [0.2, 0.25) is 0 Å². The van der Waals surface area contributed by atoms with E-state index in [1.165, 1.54) is 5.48 Å². The van der Waals surface area contributed by atoms with Gasteiger partial charge in [-0.1, -0.05) is 20.8 Å². The van der Waals surface area contributed by atoms with Gasteiger partial charge in [-0.05, 0) is 5.41 Å². The molecule has 0 aliphatic heterocycles. The quantitative estimate of drug-likeness (QED) is 0.358. The van der Waals surface area contributed by atoms with Crippen molar-refractivity contribution in [2.24, 2.45) is 5.41 Å². The van der Waals surface area contributed by atoms with E-state index in [1.54, 1.807) is 20.8 Å². The summed E-state index contributed by atoms with van der Waals surface area (Å²) < 4.78 is 0. The Morgan fingerprint density at radius 1 is 1.50 bits per heavy atom. The molecule has 0 aromatic rings. The minimum absolute atomic E-state index is 0.535. The van der Waals surface area contributed by atoms with Gasteiger partial charge in [0.25, 0.3) is 5.91 Å². The fraction of sp³-hybridized carbons (Fsp3) is 0.833. The molecule has 4 nitrogen and oxygen atoms in total. The molecule has 1 amide bonds. The summed E-state index contributed by atoms with van der Waals surface area (Å²) in [5.41, 5.74) is 0.847. The second-order valence-corrected chi connectivity index (χ2v) is 3.24. The third-order valence-electron chi connectivity index (χ3n) is 1.18. The number of carbonyl (C=O) groups excluding carboxylic acids is 1. The van der Waals surface area contributed by atoms with Crippen LogP contribution in [0.25, 0.3) is 0 Å². The average Bonchev–Trinajstić information content (AvgIpc) is 1.83. The first kappa shape index (κ1) is 9.39. The van der Waals surface area contributed by atoms with Crippen molar-refractivity contribution in [2.45, 2.75) is 26.9 Å². The van der Waals surface area contributed by atoms with Crippen LogP contribution < -0.4 is 5.48 Å². The summed E-state index contributed by atoms with van der Waals surface area (Å²) in [6.07, 6.45) is -1.17. The van der Waals surface area contributed by atoms with Crippen LogP contribution in [0, 0.1) is 5.41 Å². The van der Waals surface area contributed by atoms with Gasteiger partial charge in [-0.15, -0.1) is 0 Å². The van der Waals surface area contributed by atoms with Crippen molar-refractivity contribution in [3.8, 4) is 0 Å². The van der Waals surface area contributed by atoms with Crippen molar-refractivity contribution in [3.05, 3.63) is 0 Å². The van der Waals surface area contributed by atoms with Gasteiger partial charge in [-0.25, -0.2) is 5.48 Å². The lowest BCUT2D eigenvalue weighted by molar-refractivity contribution is -0.143. The molecule has 10 heavy (non-hydrogen) atoms. The lowest BCUT2D eigenvalue weighted by Gasteiger charge is -2.23. The van der Waals surface area contributed by atoms with Gasteiger partial charge >= 0.3 is 0 Å². The van der Waals surface area contributed by atoms with E-state index in [0.717, 1.165) is 0 Å². The van der Waals surface area contributed by atoms with Crippen molar-refractivity contribution < 1.29 is 15.1 Å². The third-order valence-corrected chi connectivity index (χ3v) is 1.18. The minimum atomic E-state index is -1.17. The highest BCUT2D eigenvalue weighted by Crippen LogP contribution is 2.18. The number of aliphatic hydroxyl groups excluding tert-OH is 1. The molecule has 0 unspecified atom stereocenters. The molecule has 0 rings (SSSR count). The summed E-state index contributed by atoms with van der Waals surface area (Å²) in [5, 5.41) is 17.2. The Bertz CT molecular complexity index is 127. The van der Waals surface area contributed by atoms with E-state index in [2.05, 4.69) is 0 Å². The molecule has 60 valence electrons. The molecule has 4 heteroatoms. The molecular weight excluding hydrogens is 134 g/mol. The number of rotatable bonds is 1. The average molecular weight is 147 g/mol. The van der Waals surface area contributed by atoms with E-state index < -0.39 is 17.4 Å². The highest BCUT2D eigenvalue weighted by atomic mass is 16.5. The molecule has 0 aliphatic rings. The van der Waals surface area contributed by atoms with Crippen molar-refractivity contribution in [1.29, 1.82) is 0 Å². The van der Waals surface area contributed by atoms with E-state index in [-0.39, 0.29) is 0 Å². The van der Waals surface area contributed by atoms with Crippen LogP contribution in [-0.4, -0.2) is 22.3 Å². The Labute approximate surface area is 59.8 Å². The van der Waals surface area contributed by atoms with Gasteiger partial charge in [0.1, 0.15) is 6.10 Å². The van der Waals surface area contributed by atoms with Crippen LogP contribution >= 0.6 is 0 Å². The van der Waals surface area contributed by atoms with E-state index in [9.17, 15) is 4.79 Å². The number of hydroxylamine groups is 1. The van der Waals surface area contributed by atoms with Crippen LogP contribution in [0.2, 0.25) is 0 Å². The number of amides is 1. The van der Waals surface area contributed by atoms with Crippen LogP contribution in [0.1, 0.15) is 20.8 Å². The van der Waals surface area contributed by atoms with Crippen LogP contribution in [0.4, 0.5) is 0 Å². The molecular formula is C6H13NO3. The Morgan fingerprint density at radius 2 is 1.90 bits per heavy atom. The Kier molecular flexibility index (Phi) is 2.80. The SMILES string of the molecule is CC(C)(C)[C@@H](O)C(=O)NO. The van der Waals surface area contributed by atoms with Crippen molar-refractivity contribution in [1.82, 2.24) is 5.48 Å². The highest BCUT2D eigenvalue weighted by molar-refractivity contribution is 5.79. The van der Waals surface area contributed by atoms with Gasteiger partial charge in [-0.3, -0.25) is 10.0 Å². The predicted molar refractivity (Wildman–Crippen MR) is 35.4 cm³/mol. The molecule has 0 aliphatic carbocycles. The van der Waals surface area contributed by atoms with Crippen LogP contribution in [-0.2, 0) is 4.79 Å². The number of hydrogen-bond donors (Lipinski definition) is 3. The maximum atomic E-state index is 10.5. The van der Waals surface area contributed by atoms with Gasteiger partial charge in [0.15, 0.2) is 0 Å². The maximum absolute atomic E-state index is 10.5. The zero-order valence-corrected chi connectivity index (χ0v) is 6.38. The Balaban J connectivity index is 4.08. The van der Waals surface area contributed by atoms with Gasteiger partial charge in [0, 0.05) is 0 Å². The fourth-order valence-corrected chi connectivity index (χ4v) is 0.454. The third kappa shape index (κ3) is 2.33. The van der Waals surface area contributed by atoms with E-state index >= 15 is 0 Å². The molecule has 0 saturated carbocycles. The summed E-state index contributed by atoms with van der Waals surface area (Å²) in [6, 6.07) is 0. The molecule has 0 heterocycles. The van der Waals surface area contributed by atoms with Crippen molar-refractivity contribution >= 4 is 5.91 Å². The van der Waals surface area contributed by atoms with Gasteiger partial charge in [0.05, 0.1) is 0 Å². The van der Waals surface area contributed by atoms with E-state index in [1.807, 2.05) is 0 Å². The number of aliphatic hydroxyl groups is 1. The van der Waals surface area contributed by atoms with Crippen LogP contribution in [0.5, 0.6) is 0 Å².